The van der Waals surface area contributed by atoms with E-state index in [4.69, 9.17) is 15.4 Å². The van der Waals surface area contributed by atoms with Crippen molar-refractivity contribution in [2.75, 3.05) is 6.61 Å². The minimum absolute atomic E-state index is 0.107. The highest BCUT2D eigenvalue weighted by Crippen LogP contribution is 2.33. The van der Waals surface area contributed by atoms with Crippen LogP contribution < -0.4 is 4.74 Å². The molecule has 6 nitrogen and oxygen atoms in total. The topological polar surface area (TPSA) is 97.7 Å². The van der Waals surface area contributed by atoms with E-state index in [2.05, 4.69) is 6.92 Å². The molecule has 0 aliphatic rings. The average molecular weight is 425 g/mol. The van der Waals surface area contributed by atoms with Crippen LogP contribution >= 0.6 is 10.7 Å². The van der Waals surface area contributed by atoms with E-state index >= 15 is 0 Å². The molecule has 0 aromatic heterocycles. The largest absolute Gasteiger partial charge is 0.493 e. The Hall–Kier alpha value is -2.38. The molecule has 0 atom stereocenters. The number of aromatic carboxylic acids is 1. The minimum atomic E-state index is -4.40. The number of ketones is 1. The first-order valence-corrected chi connectivity index (χ1v) is 11.1. The second-order valence-electron chi connectivity index (χ2n) is 6.19. The van der Waals surface area contributed by atoms with Crippen LogP contribution in [-0.4, -0.2) is 31.9 Å². The Balaban J connectivity index is 2.57. The normalized spacial score (nSPS) is 11.2. The Kier molecular flexibility index (Phi) is 7.60. The monoisotopic (exact) mass is 424 g/mol. The van der Waals surface area contributed by atoms with Crippen molar-refractivity contribution in [2.45, 2.75) is 37.5 Å². The second-order valence-corrected chi connectivity index (χ2v) is 8.73. The van der Waals surface area contributed by atoms with Crippen molar-refractivity contribution in [1.82, 2.24) is 0 Å². The summed E-state index contributed by atoms with van der Waals surface area (Å²) in [5.41, 5.74) is -0.350. The number of ether oxygens (including phenoxy) is 1. The third-order valence-corrected chi connectivity index (χ3v) is 5.44. The number of carbonyl (C=O) groups is 2. The molecule has 0 radical (unpaired) electrons. The van der Waals surface area contributed by atoms with Gasteiger partial charge in [0.05, 0.1) is 22.6 Å². The minimum Gasteiger partial charge on any atom is -0.493 e. The highest BCUT2D eigenvalue weighted by atomic mass is 35.7. The maximum atomic E-state index is 13.0. The predicted octanol–water partition coefficient (Wildman–Crippen LogP) is 4.50. The molecule has 0 spiro atoms. The van der Waals surface area contributed by atoms with Crippen molar-refractivity contribution in [1.29, 1.82) is 0 Å². The molecule has 0 unspecified atom stereocenters. The van der Waals surface area contributed by atoms with E-state index in [1.54, 1.807) is 18.2 Å². The number of carboxylic acids is 1. The average Bonchev–Trinajstić information content (AvgIpc) is 2.66. The van der Waals surface area contributed by atoms with Crippen LogP contribution in [0.1, 0.15) is 58.9 Å². The second kappa shape index (κ2) is 9.71. The number of benzene rings is 2. The third kappa shape index (κ3) is 5.56. The van der Waals surface area contributed by atoms with Crippen LogP contribution in [0.25, 0.3) is 0 Å². The van der Waals surface area contributed by atoms with Gasteiger partial charge in [-0.2, -0.15) is 0 Å². The Morgan fingerprint density at radius 3 is 2.29 bits per heavy atom. The molecule has 0 saturated heterocycles. The summed E-state index contributed by atoms with van der Waals surface area (Å²) in [6.07, 6.45) is 3.63. The van der Waals surface area contributed by atoms with Gasteiger partial charge in [-0.3, -0.25) is 4.79 Å². The van der Waals surface area contributed by atoms with Crippen molar-refractivity contribution in [3.63, 3.8) is 0 Å². The van der Waals surface area contributed by atoms with Crippen LogP contribution in [0, 0.1) is 0 Å². The summed E-state index contributed by atoms with van der Waals surface area (Å²) >= 11 is 0. The van der Waals surface area contributed by atoms with Crippen molar-refractivity contribution in [3.05, 3.63) is 59.2 Å². The quantitative estimate of drug-likeness (QED) is 0.342. The maximum Gasteiger partial charge on any atom is 0.335 e. The fourth-order valence-corrected chi connectivity index (χ4v) is 3.76. The summed E-state index contributed by atoms with van der Waals surface area (Å²) < 4.78 is 29.8. The Morgan fingerprint density at radius 1 is 1.04 bits per heavy atom. The molecule has 2 rings (SSSR count). The number of carboxylic acid groups (broad SMARTS) is 1. The van der Waals surface area contributed by atoms with E-state index < -0.39 is 25.7 Å². The first-order chi connectivity index (χ1) is 13.3. The molecule has 150 valence electrons. The van der Waals surface area contributed by atoms with Gasteiger partial charge in [-0.15, -0.1) is 0 Å². The zero-order valence-electron chi connectivity index (χ0n) is 15.4. The summed E-state index contributed by atoms with van der Waals surface area (Å²) in [4.78, 5) is 23.8. The number of hydrogen-bond acceptors (Lipinski definition) is 5. The fraction of sp³-hybridized carbons (Fsp3) is 0.300. The zero-order chi connectivity index (χ0) is 20.7. The molecule has 2 aromatic rings. The lowest BCUT2D eigenvalue weighted by atomic mass is 10.0. The van der Waals surface area contributed by atoms with E-state index in [0.717, 1.165) is 31.4 Å². The molecule has 8 heteroatoms. The summed E-state index contributed by atoms with van der Waals surface area (Å²) in [5, 5.41) is 9.31. The van der Waals surface area contributed by atoms with Crippen molar-refractivity contribution in [2.24, 2.45) is 0 Å². The van der Waals surface area contributed by atoms with Crippen LogP contribution in [0.5, 0.6) is 5.75 Å². The van der Waals surface area contributed by atoms with Gasteiger partial charge in [-0.25, -0.2) is 13.2 Å². The molecule has 0 aliphatic heterocycles. The van der Waals surface area contributed by atoms with Gasteiger partial charge < -0.3 is 9.84 Å². The molecule has 28 heavy (non-hydrogen) atoms. The first-order valence-electron chi connectivity index (χ1n) is 8.84. The number of unbranched alkanes of at least 4 members (excludes halogenated alkanes) is 3. The van der Waals surface area contributed by atoms with Gasteiger partial charge in [0.25, 0.3) is 9.05 Å². The SMILES string of the molecule is CCCCCCOc1cc(C(=O)O)cc(S(=O)(=O)Cl)c1C(=O)c1ccccc1. The number of rotatable bonds is 10. The molecule has 0 saturated carbocycles. The van der Waals surface area contributed by atoms with Crippen molar-refractivity contribution < 1.29 is 27.9 Å². The molecule has 0 bridgehead atoms. The number of halogens is 1. The molecule has 0 heterocycles. The molecule has 2 aromatic carbocycles. The lowest BCUT2D eigenvalue weighted by molar-refractivity contribution is 0.0695. The van der Waals surface area contributed by atoms with E-state index in [1.165, 1.54) is 12.1 Å². The van der Waals surface area contributed by atoms with Crippen LogP contribution in [0.3, 0.4) is 0 Å². The molecule has 0 aliphatic carbocycles. The van der Waals surface area contributed by atoms with E-state index in [0.29, 0.717) is 6.42 Å². The van der Waals surface area contributed by atoms with Crippen LogP contribution in [0.15, 0.2) is 47.4 Å². The smallest absolute Gasteiger partial charge is 0.335 e. The Morgan fingerprint density at radius 2 is 1.71 bits per heavy atom. The van der Waals surface area contributed by atoms with E-state index in [9.17, 15) is 23.1 Å². The van der Waals surface area contributed by atoms with Gasteiger partial charge in [0.2, 0.25) is 0 Å². The van der Waals surface area contributed by atoms with Gasteiger partial charge in [-0.1, -0.05) is 56.5 Å². The van der Waals surface area contributed by atoms with Gasteiger partial charge in [0, 0.05) is 16.2 Å². The lowest BCUT2D eigenvalue weighted by Gasteiger charge is -2.15. The fourth-order valence-electron chi connectivity index (χ4n) is 2.69. The van der Waals surface area contributed by atoms with E-state index in [1.807, 2.05) is 0 Å². The maximum absolute atomic E-state index is 13.0. The zero-order valence-corrected chi connectivity index (χ0v) is 16.9. The molecule has 0 amide bonds. The molecular formula is C20H21ClO6S. The summed E-state index contributed by atoms with van der Waals surface area (Å²) in [6, 6.07) is 10.1. The number of carbonyl (C=O) groups excluding carboxylic acids is 1. The highest BCUT2D eigenvalue weighted by Gasteiger charge is 2.28. The van der Waals surface area contributed by atoms with E-state index in [-0.39, 0.29) is 29.0 Å². The van der Waals surface area contributed by atoms with Gasteiger partial charge in [0.15, 0.2) is 5.78 Å². The summed E-state index contributed by atoms with van der Waals surface area (Å²) in [7, 11) is 1.12. The standard InChI is InChI=1S/C20H21ClO6S/c1-2-3-4-8-11-27-16-12-15(20(23)24)13-17(28(21,25)26)18(16)19(22)14-9-6-5-7-10-14/h5-7,9-10,12-13H,2-4,8,11H2,1H3,(H,23,24). The predicted molar refractivity (Wildman–Crippen MR) is 106 cm³/mol. The van der Waals surface area contributed by atoms with Gasteiger partial charge in [-0.05, 0) is 18.6 Å². The van der Waals surface area contributed by atoms with Crippen molar-refractivity contribution in [3.8, 4) is 5.75 Å². The Bertz CT molecular complexity index is 954. The van der Waals surface area contributed by atoms with Gasteiger partial charge >= 0.3 is 5.97 Å². The summed E-state index contributed by atoms with van der Waals surface area (Å²) in [5.74, 6) is -2.07. The lowest BCUT2D eigenvalue weighted by Crippen LogP contribution is -2.13. The Labute approximate surface area is 168 Å². The molecular weight excluding hydrogens is 404 g/mol. The highest BCUT2D eigenvalue weighted by molar-refractivity contribution is 8.13. The summed E-state index contributed by atoms with van der Waals surface area (Å²) in [6.45, 7) is 2.28. The van der Waals surface area contributed by atoms with Crippen LogP contribution in [0.2, 0.25) is 0 Å². The molecule has 0 fully saturated rings. The van der Waals surface area contributed by atoms with Crippen LogP contribution in [0.4, 0.5) is 0 Å². The number of hydrogen-bond donors (Lipinski definition) is 1. The van der Waals surface area contributed by atoms with Crippen molar-refractivity contribution >= 4 is 31.5 Å². The van der Waals surface area contributed by atoms with Crippen LogP contribution in [-0.2, 0) is 9.05 Å². The first kappa shape index (κ1) is 21.9. The molecule has 1 N–H and O–H groups in total. The van der Waals surface area contributed by atoms with Gasteiger partial charge in [0.1, 0.15) is 5.75 Å². The third-order valence-electron chi connectivity index (χ3n) is 4.09.